The van der Waals surface area contributed by atoms with E-state index in [-0.39, 0.29) is 6.04 Å². The minimum Gasteiger partial charge on any atom is -0.381 e. The number of aromatic nitrogens is 2. The van der Waals surface area contributed by atoms with Gasteiger partial charge in [0.15, 0.2) is 11.6 Å². The molecule has 0 bridgehead atoms. The monoisotopic (exact) mass is 348 g/mol. The summed E-state index contributed by atoms with van der Waals surface area (Å²) in [7, 11) is 0. The summed E-state index contributed by atoms with van der Waals surface area (Å²) in [6.07, 6.45) is 3.09. The highest BCUT2D eigenvalue weighted by atomic mass is 19.2. The minimum atomic E-state index is -0.813. The van der Waals surface area contributed by atoms with Crippen molar-refractivity contribution in [3.05, 3.63) is 47.3 Å². The van der Waals surface area contributed by atoms with Gasteiger partial charge in [0.05, 0.1) is 5.69 Å². The quantitative estimate of drug-likeness (QED) is 0.830. The Morgan fingerprint density at radius 3 is 2.88 bits per heavy atom. The first kappa shape index (κ1) is 17.9. The predicted octanol–water partition coefficient (Wildman–Crippen LogP) is 3.96. The number of rotatable bonds is 6. The number of piperidine rings is 1. The molecule has 4 nitrogen and oxygen atoms in total. The Bertz CT molecular complexity index is 698. The van der Waals surface area contributed by atoms with E-state index in [1.807, 2.05) is 0 Å². The van der Waals surface area contributed by atoms with Crippen molar-refractivity contribution < 1.29 is 8.78 Å². The van der Waals surface area contributed by atoms with E-state index in [4.69, 9.17) is 0 Å². The van der Waals surface area contributed by atoms with Gasteiger partial charge in [-0.1, -0.05) is 13.8 Å². The van der Waals surface area contributed by atoms with E-state index in [0.29, 0.717) is 11.6 Å². The lowest BCUT2D eigenvalue weighted by Crippen LogP contribution is -2.41. The van der Waals surface area contributed by atoms with E-state index in [9.17, 15) is 8.78 Å². The standard InChI is InChI=1S/C19H26F2N4/c1-13(2)8-16-9-17(24-23-16)12-25-7-3-4-15(11-25)22-14-5-6-18(20)19(21)10-14/h5-6,9-10,13,15,22H,3-4,7-8,11-12H2,1-2H3,(H,23,24). The van der Waals surface area contributed by atoms with Crippen LogP contribution in [0.2, 0.25) is 0 Å². The maximum Gasteiger partial charge on any atom is 0.160 e. The molecule has 2 aromatic rings. The fraction of sp³-hybridized carbons (Fsp3) is 0.526. The molecule has 1 aromatic heterocycles. The van der Waals surface area contributed by atoms with Gasteiger partial charge in [0, 0.05) is 36.6 Å². The van der Waals surface area contributed by atoms with Gasteiger partial charge in [0.1, 0.15) is 0 Å². The van der Waals surface area contributed by atoms with Crippen LogP contribution in [0.5, 0.6) is 0 Å². The Labute approximate surface area is 147 Å². The summed E-state index contributed by atoms with van der Waals surface area (Å²) in [4.78, 5) is 2.37. The van der Waals surface area contributed by atoms with E-state index in [1.165, 1.54) is 12.1 Å². The Hall–Kier alpha value is -1.95. The molecule has 0 spiro atoms. The second-order valence-electron chi connectivity index (χ2n) is 7.33. The number of likely N-dealkylation sites (tertiary alicyclic amines) is 1. The first-order valence-corrected chi connectivity index (χ1v) is 8.96. The van der Waals surface area contributed by atoms with Crippen molar-refractivity contribution in [2.24, 2.45) is 5.92 Å². The van der Waals surface area contributed by atoms with Crippen molar-refractivity contribution in [3.63, 3.8) is 0 Å². The molecule has 1 fully saturated rings. The molecule has 0 aliphatic carbocycles. The molecule has 6 heteroatoms. The average Bonchev–Trinajstić information content (AvgIpc) is 2.97. The van der Waals surface area contributed by atoms with Gasteiger partial charge < -0.3 is 5.32 Å². The molecule has 25 heavy (non-hydrogen) atoms. The van der Waals surface area contributed by atoms with Crippen LogP contribution in [0.3, 0.4) is 0 Å². The number of nitrogens with zero attached hydrogens (tertiary/aromatic N) is 2. The minimum absolute atomic E-state index is 0.233. The first-order valence-electron chi connectivity index (χ1n) is 8.96. The lowest BCUT2D eigenvalue weighted by atomic mass is 10.0. The van der Waals surface area contributed by atoms with Gasteiger partial charge in [-0.2, -0.15) is 5.10 Å². The maximum atomic E-state index is 13.4. The van der Waals surface area contributed by atoms with Gasteiger partial charge in [-0.25, -0.2) is 8.78 Å². The molecule has 2 N–H and O–H groups in total. The Balaban J connectivity index is 1.55. The van der Waals surface area contributed by atoms with Crippen molar-refractivity contribution in [1.82, 2.24) is 15.1 Å². The number of halogens is 2. The fourth-order valence-electron chi connectivity index (χ4n) is 3.39. The van der Waals surface area contributed by atoms with Crippen molar-refractivity contribution in [2.45, 2.75) is 45.7 Å². The lowest BCUT2D eigenvalue weighted by molar-refractivity contribution is 0.206. The second-order valence-corrected chi connectivity index (χ2v) is 7.33. The summed E-state index contributed by atoms with van der Waals surface area (Å²) in [5, 5.41) is 10.8. The van der Waals surface area contributed by atoms with E-state index in [0.717, 1.165) is 50.3 Å². The third kappa shape index (κ3) is 5.01. The zero-order valence-electron chi connectivity index (χ0n) is 14.9. The molecule has 0 radical (unpaired) electrons. The molecule has 1 aromatic carbocycles. The Kier molecular flexibility index (Phi) is 5.68. The maximum absolute atomic E-state index is 13.4. The van der Waals surface area contributed by atoms with E-state index < -0.39 is 11.6 Å². The molecule has 3 rings (SSSR count). The molecule has 136 valence electrons. The molecule has 0 saturated carbocycles. The van der Waals surface area contributed by atoms with Crippen molar-refractivity contribution in [1.29, 1.82) is 0 Å². The summed E-state index contributed by atoms with van der Waals surface area (Å²) in [5.41, 5.74) is 2.87. The third-order valence-corrected chi connectivity index (χ3v) is 4.49. The molecule has 1 aliphatic rings. The van der Waals surface area contributed by atoms with Crippen LogP contribution >= 0.6 is 0 Å². The summed E-state index contributed by atoms with van der Waals surface area (Å²) in [6, 6.07) is 6.36. The van der Waals surface area contributed by atoms with Crippen LogP contribution in [0.15, 0.2) is 24.3 Å². The zero-order valence-corrected chi connectivity index (χ0v) is 14.9. The van der Waals surface area contributed by atoms with Gasteiger partial charge in [0.25, 0.3) is 0 Å². The molecule has 1 aliphatic heterocycles. The van der Waals surface area contributed by atoms with E-state index in [2.05, 4.69) is 40.3 Å². The number of hydrogen-bond acceptors (Lipinski definition) is 3. The van der Waals surface area contributed by atoms with Crippen LogP contribution in [0, 0.1) is 17.6 Å². The van der Waals surface area contributed by atoms with E-state index in [1.54, 1.807) is 6.07 Å². The van der Waals surface area contributed by atoms with Crippen LogP contribution < -0.4 is 5.32 Å². The molecular weight excluding hydrogens is 322 g/mol. The summed E-state index contributed by atoms with van der Waals surface area (Å²) in [6.45, 7) is 7.12. The number of hydrogen-bond donors (Lipinski definition) is 2. The molecule has 1 saturated heterocycles. The summed E-state index contributed by atoms with van der Waals surface area (Å²) < 4.78 is 26.4. The number of benzene rings is 1. The molecule has 0 amide bonds. The van der Waals surface area contributed by atoms with Crippen molar-refractivity contribution in [2.75, 3.05) is 18.4 Å². The lowest BCUT2D eigenvalue weighted by Gasteiger charge is -2.33. The summed E-state index contributed by atoms with van der Waals surface area (Å²) in [5.74, 6) is -1.03. The molecular formula is C19H26F2N4. The summed E-state index contributed by atoms with van der Waals surface area (Å²) >= 11 is 0. The van der Waals surface area contributed by atoms with Crippen LogP contribution in [-0.2, 0) is 13.0 Å². The highest BCUT2D eigenvalue weighted by Crippen LogP contribution is 2.19. The van der Waals surface area contributed by atoms with E-state index >= 15 is 0 Å². The van der Waals surface area contributed by atoms with Crippen LogP contribution in [0.25, 0.3) is 0 Å². The topological polar surface area (TPSA) is 44.0 Å². The second kappa shape index (κ2) is 7.95. The fourth-order valence-corrected chi connectivity index (χ4v) is 3.39. The number of nitrogens with one attached hydrogen (secondary N) is 2. The predicted molar refractivity (Wildman–Crippen MR) is 95.4 cm³/mol. The van der Waals surface area contributed by atoms with Crippen LogP contribution in [0.4, 0.5) is 14.5 Å². The van der Waals surface area contributed by atoms with Gasteiger partial charge in [-0.05, 0) is 49.9 Å². The zero-order chi connectivity index (χ0) is 17.8. The SMILES string of the molecule is CC(C)Cc1cc(CN2CCCC(Nc3ccc(F)c(F)c3)C2)[nH]n1. The first-order chi connectivity index (χ1) is 12.0. The number of H-pyrrole nitrogens is 1. The number of anilines is 1. The normalized spacial score (nSPS) is 18.7. The van der Waals surface area contributed by atoms with Crippen LogP contribution in [0.1, 0.15) is 38.1 Å². The van der Waals surface area contributed by atoms with Crippen molar-refractivity contribution in [3.8, 4) is 0 Å². The van der Waals surface area contributed by atoms with Gasteiger partial charge in [-0.3, -0.25) is 10.00 Å². The van der Waals surface area contributed by atoms with Gasteiger partial charge in [-0.15, -0.1) is 0 Å². The highest BCUT2D eigenvalue weighted by Gasteiger charge is 2.21. The molecule has 1 unspecified atom stereocenters. The molecule has 2 heterocycles. The van der Waals surface area contributed by atoms with Gasteiger partial charge in [0.2, 0.25) is 0 Å². The molecule has 1 atom stereocenters. The highest BCUT2D eigenvalue weighted by molar-refractivity contribution is 5.44. The smallest absolute Gasteiger partial charge is 0.160 e. The third-order valence-electron chi connectivity index (χ3n) is 4.49. The Morgan fingerprint density at radius 1 is 1.28 bits per heavy atom. The van der Waals surface area contributed by atoms with Crippen molar-refractivity contribution >= 4 is 5.69 Å². The largest absolute Gasteiger partial charge is 0.381 e. The Morgan fingerprint density at radius 2 is 2.12 bits per heavy atom. The van der Waals surface area contributed by atoms with Gasteiger partial charge >= 0.3 is 0 Å². The number of aromatic amines is 1. The average molecular weight is 348 g/mol. The van der Waals surface area contributed by atoms with Crippen LogP contribution in [-0.4, -0.2) is 34.2 Å².